The van der Waals surface area contributed by atoms with Gasteiger partial charge in [0.05, 0.1) is 24.5 Å². The molecule has 1 heterocycles. The smallest absolute Gasteiger partial charge is 0.330 e. The van der Waals surface area contributed by atoms with Crippen LogP contribution in [0.1, 0.15) is 13.8 Å². The molecule has 0 aliphatic heterocycles. The standard InChI is InChI=1S/C12H15N3O2/c1-12(2,11(16)17-3)15-8-4-5-9-10(6-8)14-7-13-9/h4-7,15H,1-3H3,(H,13,14). The zero-order chi connectivity index (χ0) is 12.5. The average molecular weight is 233 g/mol. The van der Waals surface area contributed by atoms with E-state index in [0.717, 1.165) is 16.7 Å². The zero-order valence-electron chi connectivity index (χ0n) is 10.1. The van der Waals surface area contributed by atoms with Crippen molar-refractivity contribution >= 4 is 22.7 Å². The van der Waals surface area contributed by atoms with Crippen LogP contribution in [0.15, 0.2) is 24.5 Å². The number of methoxy groups -OCH3 is 1. The van der Waals surface area contributed by atoms with Crippen molar-refractivity contribution < 1.29 is 9.53 Å². The van der Waals surface area contributed by atoms with Crippen LogP contribution in [0, 0.1) is 0 Å². The minimum absolute atomic E-state index is 0.304. The van der Waals surface area contributed by atoms with Gasteiger partial charge in [0.15, 0.2) is 0 Å². The van der Waals surface area contributed by atoms with Crippen LogP contribution in [-0.4, -0.2) is 28.6 Å². The van der Waals surface area contributed by atoms with Crippen molar-refractivity contribution in [2.75, 3.05) is 12.4 Å². The molecule has 0 amide bonds. The summed E-state index contributed by atoms with van der Waals surface area (Å²) in [6, 6.07) is 5.68. The van der Waals surface area contributed by atoms with E-state index in [-0.39, 0.29) is 5.97 Å². The van der Waals surface area contributed by atoms with Gasteiger partial charge in [-0.25, -0.2) is 9.78 Å². The van der Waals surface area contributed by atoms with E-state index in [1.54, 1.807) is 20.2 Å². The molecule has 0 unspecified atom stereocenters. The molecular weight excluding hydrogens is 218 g/mol. The maximum absolute atomic E-state index is 11.5. The number of aromatic amines is 1. The Kier molecular flexibility index (Phi) is 2.75. The summed E-state index contributed by atoms with van der Waals surface area (Å²) in [5.74, 6) is -0.304. The highest BCUT2D eigenvalue weighted by atomic mass is 16.5. The number of hydrogen-bond acceptors (Lipinski definition) is 4. The summed E-state index contributed by atoms with van der Waals surface area (Å²) in [5.41, 5.74) is 1.90. The fourth-order valence-electron chi connectivity index (χ4n) is 1.68. The van der Waals surface area contributed by atoms with E-state index in [9.17, 15) is 4.79 Å². The molecule has 2 N–H and O–H groups in total. The first-order chi connectivity index (χ1) is 8.03. The van der Waals surface area contributed by atoms with E-state index >= 15 is 0 Å². The first kappa shape index (κ1) is 11.4. The van der Waals surface area contributed by atoms with Gasteiger partial charge in [0.2, 0.25) is 0 Å². The molecule has 0 saturated heterocycles. The quantitative estimate of drug-likeness (QED) is 0.795. The summed E-state index contributed by atoms with van der Waals surface area (Å²) in [7, 11) is 1.38. The highest BCUT2D eigenvalue weighted by Gasteiger charge is 2.28. The number of anilines is 1. The van der Waals surface area contributed by atoms with Gasteiger partial charge in [0.25, 0.3) is 0 Å². The first-order valence-electron chi connectivity index (χ1n) is 5.33. The number of fused-ring (bicyclic) bond motifs is 1. The average Bonchev–Trinajstić information content (AvgIpc) is 2.74. The lowest BCUT2D eigenvalue weighted by Crippen LogP contribution is -2.41. The number of rotatable bonds is 3. The van der Waals surface area contributed by atoms with Gasteiger partial charge in [-0.2, -0.15) is 0 Å². The number of hydrogen-bond donors (Lipinski definition) is 2. The molecular formula is C12H15N3O2. The number of ether oxygens (including phenoxy) is 1. The van der Waals surface area contributed by atoms with Crippen LogP contribution in [-0.2, 0) is 9.53 Å². The van der Waals surface area contributed by atoms with Crippen molar-refractivity contribution in [3.63, 3.8) is 0 Å². The maximum Gasteiger partial charge on any atom is 0.330 e. The Morgan fingerprint density at radius 2 is 2.24 bits per heavy atom. The number of imidazole rings is 1. The molecule has 2 rings (SSSR count). The number of H-pyrrole nitrogens is 1. The lowest BCUT2D eigenvalue weighted by atomic mass is 10.1. The Balaban J connectivity index is 2.25. The number of nitrogens with one attached hydrogen (secondary N) is 2. The Morgan fingerprint density at radius 1 is 1.47 bits per heavy atom. The van der Waals surface area contributed by atoms with E-state index in [4.69, 9.17) is 4.74 Å². The summed E-state index contributed by atoms with van der Waals surface area (Å²) in [6.07, 6.45) is 1.64. The fourth-order valence-corrected chi connectivity index (χ4v) is 1.68. The maximum atomic E-state index is 11.5. The molecule has 0 atom stereocenters. The van der Waals surface area contributed by atoms with Crippen molar-refractivity contribution in [3.8, 4) is 0 Å². The molecule has 0 spiro atoms. The molecule has 0 saturated carbocycles. The van der Waals surface area contributed by atoms with Gasteiger partial charge < -0.3 is 15.0 Å². The van der Waals surface area contributed by atoms with E-state index in [2.05, 4.69) is 15.3 Å². The number of nitrogens with zero attached hydrogens (tertiary/aromatic N) is 1. The molecule has 1 aromatic carbocycles. The predicted molar refractivity (Wildman–Crippen MR) is 65.8 cm³/mol. The van der Waals surface area contributed by atoms with E-state index in [1.807, 2.05) is 18.2 Å². The number of esters is 1. The van der Waals surface area contributed by atoms with E-state index in [1.165, 1.54) is 7.11 Å². The van der Waals surface area contributed by atoms with Crippen molar-refractivity contribution in [1.29, 1.82) is 0 Å². The molecule has 1 aromatic heterocycles. The Labute approximate surface area is 99.2 Å². The van der Waals surface area contributed by atoms with Gasteiger partial charge in [0.1, 0.15) is 5.54 Å². The summed E-state index contributed by atoms with van der Waals surface area (Å²) in [5, 5.41) is 3.13. The molecule has 90 valence electrons. The Morgan fingerprint density at radius 3 is 2.94 bits per heavy atom. The number of benzene rings is 1. The van der Waals surface area contributed by atoms with Gasteiger partial charge in [0, 0.05) is 5.69 Å². The molecule has 0 radical (unpaired) electrons. The second-order valence-electron chi connectivity index (χ2n) is 4.38. The van der Waals surface area contributed by atoms with Gasteiger partial charge in [-0.1, -0.05) is 0 Å². The third-order valence-corrected chi connectivity index (χ3v) is 2.57. The minimum Gasteiger partial charge on any atom is -0.467 e. The fraction of sp³-hybridized carbons (Fsp3) is 0.333. The predicted octanol–water partition coefficient (Wildman–Crippen LogP) is 1.93. The van der Waals surface area contributed by atoms with Crippen molar-refractivity contribution in [1.82, 2.24) is 9.97 Å². The van der Waals surface area contributed by atoms with E-state index in [0.29, 0.717) is 0 Å². The van der Waals surface area contributed by atoms with Gasteiger partial charge in [-0.3, -0.25) is 0 Å². The summed E-state index contributed by atoms with van der Waals surface area (Å²) >= 11 is 0. The van der Waals surface area contributed by atoms with Crippen molar-refractivity contribution in [2.45, 2.75) is 19.4 Å². The molecule has 0 aliphatic carbocycles. The summed E-state index contributed by atoms with van der Waals surface area (Å²) in [4.78, 5) is 18.7. The van der Waals surface area contributed by atoms with Crippen LogP contribution in [0.3, 0.4) is 0 Å². The summed E-state index contributed by atoms with van der Waals surface area (Å²) in [6.45, 7) is 3.55. The molecule has 0 aliphatic rings. The topological polar surface area (TPSA) is 67.0 Å². The summed E-state index contributed by atoms with van der Waals surface area (Å²) < 4.78 is 4.74. The second-order valence-corrected chi connectivity index (χ2v) is 4.38. The SMILES string of the molecule is COC(=O)C(C)(C)Nc1ccc2nc[nH]c2c1. The Bertz CT molecular complexity index is 545. The lowest BCUT2D eigenvalue weighted by molar-refractivity contribution is -0.144. The minimum atomic E-state index is -0.761. The first-order valence-corrected chi connectivity index (χ1v) is 5.33. The molecule has 0 fully saturated rings. The molecule has 5 nitrogen and oxygen atoms in total. The molecule has 17 heavy (non-hydrogen) atoms. The van der Waals surface area contributed by atoms with Crippen LogP contribution in [0.2, 0.25) is 0 Å². The van der Waals surface area contributed by atoms with Gasteiger partial charge >= 0.3 is 5.97 Å². The number of carbonyl (C=O) groups excluding carboxylic acids is 1. The van der Waals surface area contributed by atoms with Crippen LogP contribution in [0.25, 0.3) is 11.0 Å². The van der Waals surface area contributed by atoms with Crippen molar-refractivity contribution in [3.05, 3.63) is 24.5 Å². The monoisotopic (exact) mass is 233 g/mol. The number of aromatic nitrogens is 2. The van der Waals surface area contributed by atoms with Gasteiger partial charge in [-0.05, 0) is 32.0 Å². The van der Waals surface area contributed by atoms with Gasteiger partial charge in [-0.15, -0.1) is 0 Å². The lowest BCUT2D eigenvalue weighted by Gasteiger charge is -2.24. The normalized spacial score (nSPS) is 11.5. The second kappa shape index (κ2) is 4.08. The number of carbonyl (C=O) groups is 1. The zero-order valence-corrected chi connectivity index (χ0v) is 10.1. The molecule has 5 heteroatoms. The van der Waals surface area contributed by atoms with E-state index < -0.39 is 5.54 Å². The molecule has 0 bridgehead atoms. The highest BCUT2D eigenvalue weighted by Crippen LogP contribution is 2.20. The third-order valence-electron chi connectivity index (χ3n) is 2.57. The highest BCUT2D eigenvalue weighted by molar-refractivity contribution is 5.85. The molecule has 2 aromatic rings. The Hall–Kier alpha value is -2.04. The van der Waals surface area contributed by atoms with Crippen LogP contribution in [0.5, 0.6) is 0 Å². The third kappa shape index (κ3) is 2.22. The van der Waals surface area contributed by atoms with Crippen LogP contribution in [0.4, 0.5) is 5.69 Å². The van der Waals surface area contributed by atoms with Crippen LogP contribution < -0.4 is 5.32 Å². The largest absolute Gasteiger partial charge is 0.467 e. The van der Waals surface area contributed by atoms with Crippen molar-refractivity contribution in [2.24, 2.45) is 0 Å². The van der Waals surface area contributed by atoms with Crippen LogP contribution >= 0.6 is 0 Å².